The van der Waals surface area contributed by atoms with Gasteiger partial charge in [-0.15, -0.1) is 0 Å². The first-order valence-electron chi connectivity index (χ1n) is 4.73. The third kappa shape index (κ3) is 1.96. The third-order valence-corrected chi connectivity index (χ3v) is 3.52. The fourth-order valence-corrected chi connectivity index (χ4v) is 1.71. The molecular weight excluding hydrogens is 134 g/mol. The van der Waals surface area contributed by atoms with Gasteiger partial charge in [0.15, 0.2) is 0 Å². The van der Waals surface area contributed by atoms with Gasteiger partial charge in [0.05, 0.1) is 0 Å². The summed E-state index contributed by atoms with van der Waals surface area (Å²) in [6, 6.07) is 0. The molecule has 0 bridgehead atoms. The van der Waals surface area contributed by atoms with E-state index in [2.05, 4.69) is 32.7 Å². The van der Waals surface area contributed by atoms with Crippen molar-refractivity contribution in [3.63, 3.8) is 0 Å². The molecule has 1 aliphatic heterocycles. The molecule has 0 amide bonds. The molecule has 1 rings (SSSR count). The van der Waals surface area contributed by atoms with Gasteiger partial charge in [0.2, 0.25) is 0 Å². The molecule has 1 heteroatoms. The van der Waals surface area contributed by atoms with Crippen LogP contribution in [0.2, 0.25) is 0 Å². The highest BCUT2D eigenvalue weighted by molar-refractivity contribution is 4.83. The number of rotatable bonds is 1. The predicted molar refractivity (Wildman–Crippen MR) is 49.7 cm³/mol. The molecule has 0 saturated carbocycles. The molecule has 0 radical (unpaired) electrons. The van der Waals surface area contributed by atoms with E-state index in [0.717, 1.165) is 5.92 Å². The summed E-state index contributed by atoms with van der Waals surface area (Å²) in [6.45, 7) is 9.71. The van der Waals surface area contributed by atoms with Crippen molar-refractivity contribution in [1.29, 1.82) is 0 Å². The normalized spacial score (nSPS) is 25.9. The molecule has 0 aromatic heterocycles. The Bertz CT molecular complexity index is 121. The summed E-state index contributed by atoms with van der Waals surface area (Å²) < 4.78 is 0. The zero-order chi connectivity index (χ0) is 8.48. The summed E-state index contributed by atoms with van der Waals surface area (Å²) in [5.74, 6) is 0.844. The lowest BCUT2D eigenvalue weighted by molar-refractivity contribution is 0.0929. The van der Waals surface area contributed by atoms with E-state index in [1.54, 1.807) is 0 Å². The standard InChI is InChI=1S/C10H21N/c1-9(2)10(3)5-7-11(4)8-6-10/h9H,5-8H2,1-4H3. The van der Waals surface area contributed by atoms with Crippen molar-refractivity contribution in [2.24, 2.45) is 11.3 Å². The van der Waals surface area contributed by atoms with Crippen molar-refractivity contribution in [2.75, 3.05) is 20.1 Å². The van der Waals surface area contributed by atoms with Crippen molar-refractivity contribution in [3.05, 3.63) is 0 Å². The molecule has 0 unspecified atom stereocenters. The zero-order valence-electron chi connectivity index (χ0n) is 8.35. The van der Waals surface area contributed by atoms with E-state index >= 15 is 0 Å². The number of hydrogen-bond donors (Lipinski definition) is 0. The Labute approximate surface area is 70.8 Å². The number of hydrogen-bond acceptors (Lipinski definition) is 1. The van der Waals surface area contributed by atoms with Crippen molar-refractivity contribution in [3.8, 4) is 0 Å². The smallest absolute Gasteiger partial charge is 0.00165 e. The molecule has 1 aliphatic rings. The number of piperidine rings is 1. The summed E-state index contributed by atoms with van der Waals surface area (Å²) in [5.41, 5.74) is 0.618. The average Bonchev–Trinajstić information content (AvgIpc) is 1.95. The molecule has 0 aromatic carbocycles. The Hall–Kier alpha value is -0.0400. The number of nitrogens with zero attached hydrogens (tertiary/aromatic N) is 1. The predicted octanol–water partition coefficient (Wildman–Crippen LogP) is 2.37. The van der Waals surface area contributed by atoms with Crippen LogP contribution in [0.15, 0.2) is 0 Å². The Kier molecular flexibility index (Phi) is 2.58. The average molecular weight is 155 g/mol. The van der Waals surface area contributed by atoms with E-state index < -0.39 is 0 Å². The van der Waals surface area contributed by atoms with Gasteiger partial charge in [-0.25, -0.2) is 0 Å². The molecule has 0 spiro atoms. The summed E-state index contributed by atoms with van der Waals surface area (Å²) in [7, 11) is 2.22. The maximum absolute atomic E-state index is 2.44. The van der Waals surface area contributed by atoms with Crippen LogP contribution in [-0.4, -0.2) is 25.0 Å². The molecule has 1 nitrogen and oxygen atoms in total. The second kappa shape index (κ2) is 3.14. The fraction of sp³-hybridized carbons (Fsp3) is 1.00. The van der Waals surface area contributed by atoms with Gasteiger partial charge in [0.1, 0.15) is 0 Å². The van der Waals surface area contributed by atoms with Crippen molar-refractivity contribution in [2.45, 2.75) is 33.6 Å². The lowest BCUT2D eigenvalue weighted by Gasteiger charge is -2.41. The first-order valence-corrected chi connectivity index (χ1v) is 4.73. The number of likely N-dealkylation sites (tertiary alicyclic amines) is 1. The Morgan fingerprint density at radius 3 is 2.00 bits per heavy atom. The highest BCUT2D eigenvalue weighted by Crippen LogP contribution is 2.37. The topological polar surface area (TPSA) is 3.24 Å². The fourth-order valence-electron chi connectivity index (χ4n) is 1.71. The van der Waals surface area contributed by atoms with E-state index in [0.29, 0.717) is 5.41 Å². The van der Waals surface area contributed by atoms with Gasteiger partial charge in [0.25, 0.3) is 0 Å². The first-order chi connectivity index (χ1) is 5.04. The second-order valence-electron chi connectivity index (χ2n) is 4.61. The Balaban J connectivity index is 2.48. The molecule has 0 aliphatic carbocycles. The van der Waals surface area contributed by atoms with Gasteiger partial charge in [-0.1, -0.05) is 20.8 Å². The van der Waals surface area contributed by atoms with E-state index in [4.69, 9.17) is 0 Å². The third-order valence-electron chi connectivity index (χ3n) is 3.52. The van der Waals surface area contributed by atoms with E-state index in [-0.39, 0.29) is 0 Å². The van der Waals surface area contributed by atoms with Crippen LogP contribution in [0.25, 0.3) is 0 Å². The molecule has 1 saturated heterocycles. The molecule has 0 atom stereocenters. The van der Waals surface area contributed by atoms with Gasteiger partial charge in [-0.2, -0.15) is 0 Å². The zero-order valence-corrected chi connectivity index (χ0v) is 8.35. The van der Waals surface area contributed by atoms with E-state index in [9.17, 15) is 0 Å². The summed E-state index contributed by atoms with van der Waals surface area (Å²) in [6.07, 6.45) is 2.75. The van der Waals surface area contributed by atoms with E-state index in [1.165, 1.54) is 25.9 Å². The van der Waals surface area contributed by atoms with Crippen LogP contribution in [0.5, 0.6) is 0 Å². The highest BCUT2D eigenvalue weighted by Gasteiger charge is 2.31. The van der Waals surface area contributed by atoms with Gasteiger partial charge < -0.3 is 4.90 Å². The lowest BCUT2D eigenvalue weighted by Crippen LogP contribution is -2.38. The van der Waals surface area contributed by atoms with Gasteiger partial charge >= 0.3 is 0 Å². The Morgan fingerprint density at radius 2 is 1.64 bits per heavy atom. The second-order valence-corrected chi connectivity index (χ2v) is 4.61. The van der Waals surface area contributed by atoms with Crippen LogP contribution in [0.1, 0.15) is 33.6 Å². The highest BCUT2D eigenvalue weighted by atomic mass is 15.1. The van der Waals surface area contributed by atoms with Gasteiger partial charge in [-0.3, -0.25) is 0 Å². The largest absolute Gasteiger partial charge is 0.306 e. The molecule has 0 aromatic rings. The van der Waals surface area contributed by atoms with E-state index in [1.807, 2.05) is 0 Å². The molecule has 1 fully saturated rings. The Morgan fingerprint density at radius 1 is 1.18 bits per heavy atom. The monoisotopic (exact) mass is 155 g/mol. The summed E-state index contributed by atoms with van der Waals surface area (Å²) in [5, 5.41) is 0. The summed E-state index contributed by atoms with van der Waals surface area (Å²) >= 11 is 0. The minimum atomic E-state index is 0.618. The van der Waals surface area contributed by atoms with Crippen LogP contribution in [0, 0.1) is 11.3 Å². The maximum atomic E-state index is 2.44. The van der Waals surface area contributed by atoms with Crippen LogP contribution < -0.4 is 0 Å². The molecule has 66 valence electrons. The molecule has 1 heterocycles. The quantitative estimate of drug-likeness (QED) is 0.562. The van der Waals surface area contributed by atoms with Gasteiger partial charge in [0, 0.05) is 0 Å². The van der Waals surface area contributed by atoms with Crippen molar-refractivity contribution >= 4 is 0 Å². The molecular formula is C10H21N. The van der Waals surface area contributed by atoms with Crippen molar-refractivity contribution < 1.29 is 0 Å². The van der Waals surface area contributed by atoms with Crippen LogP contribution in [0.3, 0.4) is 0 Å². The molecule has 0 N–H and O–H groups in total. The van der Waals surface area contributed by atoms with Gasteiger partial charge in [-0.05, 0) is 44.3 Å². The first kappa shape index (κ1) is 9.05. The van der Waals surface area contributed by atoms with Crippen LogP contribution in [0.4, 0.5) is 0 Å². The maximum Gasteiger partial charge on any atom is -0.00165 e. The minimum Gasteiger partial charge on any atom is -0.306 e. The minimum absolute atomic E-state index is 0.618. The molecule has 11 heavy (non-hydrogen) atoms. The van der Waals surface area contributed by atoms with Crippen LogP contribution >= 0.6 is 0 Å². The summed E-state index contributed by atoms with van der Waals surface area (Å²) in [4.78, 5) is 2.43. The van der Waals surface area contributed by atoms with Crippen molar-refractivity contribution in [1.82, 2.24) is 4.90 Å². The van der Waals surface area contributed by atoms with Crippen LogP contribution in [-0.2, 0) is 0 Å². The SMILES string of the molecule is CC(C)C1(C)CCN(C)CC1. The lowest BCUT2D eigenvalue weighted by atomic mass is 9.72.